The lowest BCUT2D eigenvalue weighted by Gasteiger charge is -2.21. The van der Waals surface area contributed by atoms with Crippen molar-refractivity contribution in [2.75, 3.05) is 6.61 Å². The molecule has 1 amide bonds. The van der Waals surface area contributed by atoms with Crippen LogP contribution >= 0.6 is 0 Å². The third-order valence-corrected chi connectivity index (χ3v) is 9.57. The quantitative estimate of drug-likeness (QED) is 0.0379. The highest BCUT2D eigenvalue weighted by Gasteiger charge is 2.22. The summed E-state index contributed by atoms with van der Waals surface area (Å²) in [5.41, 5.74) is 0. The van der Waals surface area contributed by atoms with Gasteiger partial charge in [0.1, 0.15) is 6.10 Å². The maximum atomic E-state index is 12.5. The molecule has 0 aromatic carbocycles. The molecule has 0 aliphatic heterocycles. The molecule has 51 heavy (non-hydrogen) atoms. The first kappa shape index (κ1) is 49.0. The molecule has 0 aromatic heterocycles. The Kier molecular flexibility index (Phi) is 39.3. The Bertz CT molecular complexity index is 876. The highest BCUT2D eigenvalue weighted by atomic mass is 16.3. The van der Waals surface area contributed by atoms with E-state index in [0.29, 0.717) is 6.42 Å². The third-order valence-electron chi connectivity index (χ3n) is 9.57. The minimum atomic E-state index is -1.11. The summed E-state index contributed by atoms with van der Waals surface area (Å²) in [6, 6.07) is -0.822. The molecule has 0 rings (SSSR count). The van der Waals surface area contributed by atoms with Crippen molar-refractivity contribution in [1.29, 1.82) is 0 Å². The van der Waals surface area contributed by atoms with E-state index in [0.717, 1.165) is 57.8 Å². The standard InChI is InChI=1S/C46H83NO4/c1-3-5-7-9-11-13-15-17-19-21-22-23-25-27-29-31-33-35-37-39-41-45(50)46(51)47-43(42-48)44(49)40-38-36-34-32-30-28-26-24-20-18-16-14-12-10-8-6-4-2/h5,7,11,13,20,24,30,32,38,40,43-45,48-50H,3-4,6,8-10,12,14-19,21-23,25-29,31,33-37,39,41-42H2,1-2H3,(H,47,51)/b7-5-,13-11-,24-20+,32-30+,40-38+. The highest BCUT2D eigenvalue weighted by Crippen LogP contribution is 2.15. The Labute approximate surface area is 316 Å². The lowest BCUT2D eigenvalue weighted by Crippen LogP contribution is -2.48. The summed E-state index contributed by atoms with van der Waals surface area (Å²) in [6.45, 7) is 4.05. The Morgan fingerprint density at radius 1 is 0.510 bits per heavy atom. The van der Waals surface area contributed by atoms with Crippen molar-refractivity contribution in [3.8, 4) is 0 Å². The van der Waals surface area contributed by atoms with Crippen LogP contribution < -0.4 is 5.32 Å². The minimum Gasteiger partial charge on any atom is -0.394 e. The fourth-order valence-electron chi connectivity index (χ4n) is 6.19. The van der Waals surface area contributed by atoms with Gasteiger partial charge in [0.2, 0.25) is 5.91 Å². The number of hydrogen-bond acceptors (Lipinski definition) is 4. The van der Waals surface area contributed by atoms with Gasteiger partial charge in [-0.25, -0.2) is 0 Å². The van der Waals surface area contributed by atoms with Crippen LogP contribution in [-0.2, 0) is 4.79 Å². The van der Waals surface area contributed by atoms with Crippen molar-refractivity contribution < 1.29 is 20.1 Å². The van der Waals surface area contributed by atoms with Crippen LogP contribution in [0.2, 0.25) is 0 Å². The normalized spacial score (nSPS) is 14.2. The zero-order valence-corrected chi connectivity index (χ0v) is 33.5. The van der Waals surface area contributed by atoms with Crippen LogP contribution in [-0.4, -0.2) is 46.1 Å². The van der Waals surface area contributed by atoms with Gasteiger partial charge in [0, 0.05) is 0 Å². The Morgan fingerprint density at radius 3 is 1.41 bits per heavy atom. The van der Waals surface area contributed by atoms with Crippen LogP contribution in [0.3, 0.4) is 0 Å². The summed E-state index contributed by atoms with van der Waals surface area (Å²) in [7, 11) is 0. The predicted octanol–water partition coefficient (Wildman–Crippen LogP) is 12.3. The Morgan fingerprint density at radius 2 is 0.922 bits per heavy atom. The van der Waals surface area contributed by atoms with E-state index in [2.05, 4.69) is 67.8 Å². The molecule has 0 heterocycles. The number of allylic oxidation sites excluding steroid dienone is 9. The summed E-state index contributed by atoms with van der Waals surface area (Å²) >= 11 is 0. The van der Waals surface area contributed by atoms with Gasteiger partial charge in [-0.15, -0.1) is 0 Å². The third kappa shape index (κ3) is 36.2. The second kappa shape index (κ2) is 40.8. The van der Waals surface area contributed by atoms with Gasteiger partial charge in [0.05, 0.1) is 18.8 Å². The predicted molar refractivity (Wildman–Crippen MR) is 222 cm³/mol. The fourth-order valence-corrected chi connectivity index (χ4v) is 6.19. The van der Waals surface area contributed by atoms with E-state index in [9.17, 15) is 20.1 Å². The molecule has 0 fully saturated rings. The number of carbonyl (C=O) groups excluding carboxylic acids is 1. The summed E-state index contributed by atoms with van der Waals surface area (Å²) in [5, 5.41) is 33.1. The van der Waals surface area contributed by atoms with Crippen LogP contribution in [0.4, 0.5) is 0 Å². The molecule has 5 heteroatoms. The molecule has 0 saturated carbocycles. The average molecular weight is 714 g/mol. The first-order valence-corrected chi connectivity index (χ1v) is 21.6. The van der Waals surface area contributed by atoms with E-state index < -0.39 is 24.2 Å². The van der Waals surface area contributed by atoms with E-state index in [-0.39, 0.29) is 6.61 Å². The zero-order valence-electron chi connectivity index (χ0n) is 33.5. The number of hydrogen-bond donors (Lipinski definition) is 4. The summed E-state index contributed by atoms with van der Waals surface area (Å²) in [6.07, 6.45) is 53.9. The number of amides is 1. The highest BCUT2D eigenvalue weighted by molar-refractivity contribution is 5.80. The first-order valence-electron chi connectivity index (χ1n) is 21.6. The van der Waals surface area contributed by atoms with Gasteiger partial charge < -0.3 is 20.6 Å². The summed E-state index contributed by atoms with van der Waals surface area (Å²) in [5.74, 6) is -0.520. The van der Waals surface area contributed by atoms with Crippen molar-refractivity contribution in [2.45, 2.75) is 218 Å². The van der Waals surface area contributed by atoms with E-state index in [1.165, 1.54) is 122 Å². The zero-order chi connectivity index (χ0) is 37.3. The van der Waals surface area contributed by atoms with Gasteiger partial charge in [0.15, 0.2) is 0 Å². The smallest absolute Gasteiger partial charge is 0.249 e. The maximum absolute atomic E-state index is 12.5. The van der Waals surface area contributed by atoms with Crippen LogP contribution in [0.5, 0.6) is 0 Å². The second-order valence-electron chi connectivity index (χ2n) is 14.5. The lowest BCUT2D eigenvalue weighted by molar-refractivity contribution is -0.131. The molecule has 4 N–H and O–H groups in total. The molecule has 0 aliphatic carbocycles. The van der Waals surface area contributed by atoms with E-state index in [1.54, 1.807) is 6.08 Å². The van der Waals surface area contributed by atoms with Gasteiger partial charge in [-0.05, 0) is 70.6 Å². The molecule has 0 bridgehead atoms. The Balaban J connectivity index is 3.74. The van der Waals surface area contributed by atoms with E-state index >= 15 is 0 Å². The van der Waals surface area contributed by atoms with Crippen LogP contribution in [0.15, 0.2) is 60.8 Å². The van der Waals surface area contributed by atoms with Gasteiger partial charge in [-0.2, -0.15) is 0 Å². The van der Waals surface area contributed by atoms with Crippen molar-refractivity contribution in [3.05, 3.63) is 60.8 Å². The number of carbonyl (C=O) groups is 1. The molecule has 0 aliphatic rings. The summed E-state index contributed by atoms with van der Waals surface area (Å²) in [4.78, 5) is 12.5. The molecule has 0 radical (unpaired) electrons. The number of rotatable bonds is 38. The van der Waals surface area contributed by atoms with E-state index in [4.69, 9.17) is 0 Å². The molecule has 0 aromatic rings. The van der Waals surface area contributed by atoms with Crippen LogP contribution in [0.1, 0.15) is 200 Å². The molecule has 0 spiro atoms. The summed E-state index contributed by atoms with van der Waals surface area (Å²) < 4.78 is 0. The minimum absolute atomic E-state index is 0.383. The maximum Gasteiger partial charge on any atom is 0.249 e. The number of aliphatic hydroxyl groups is 3. The van der Waals surface area contributed by atoms with Gasteiger partial charge >= 0.3 is 0 Å². The van der Waals surface area contributed by atoms with Crippen molar-refractivity contribution in [1.82, 2.24) is 5.32 Å². The molecule has 296 valence electrons. The molecule has 5 nitrogen and oxygen atoms in total. The van der Waals surface area contributed by atoms with Gasteiger partial charge in [0.25, 0.3) is 0 Å². The van der Waals surface area contributed by atoms with Crippen molar-refractivity contribution >= 4 is 5.91 Å². The molecular weight excluding hydrogens is 631 g/mol. The van der Waals surface area contributed by atoms with E-state index in [1.807, 2.05) is 6.08 Å². The monoisotopic (exact) mass is 714 g/mol. The SMILES string of the molecule is CC/C=C\C/C=C\CCCCCCCCCCCCCCCC(O)C(=O)NC(CO)C(O)/C=C/CC/C=C/CC/C=C/CCCCCCCCC. The topological polar surface area (TPSA) is 89.8 Å². The van der Waals surface area contributed by atoms with Crippen molar-refractivity contribution in [2.24, 2.45) is 0 Å². The Hall–Kier alpha value is -1.95. The number of nitrogens with one attached hydrogen (secondary N) is 1. The van der Waals surface area contributed by atoms with Crippen LogP contribution in [0.25, 0.3) is 0 Å². The average Bonchev–Trinajstić information content (AvgIpc) is 3.13. The molecular formula is C46H83NO4. The molecule has 3 atom stereocenters. The first-order chi connectivity index (χ1) is 25.1. The van der Waals surface area contributed by atoms with Crippen molar-refractivity contribution in [3.63, 3.8) is 0 Å². The lowest BCUT2D eigenvalue weighted by atomic mass is 10.0. The fraction of sp³-hybridized carbons (Fsp3) is 0.761. The molecule has 0 saturated heterocycles. The van der Waals surface area contributed by atoms with Gasteiger partial charge in [-0.1, -0.05) is 190 Å². The number of unbranched alkanes of at least 4 members (excludes halogenated alkanes) is 22. The second-order valence-corrected chi connectivity index (χ2v) is 14.5. The van der Waals surface area contributed by atoms with Gasteiger partial charge in [-0.3, -0.25) is 4.79 Å². The molecule has 3 unspecified atom stereocenters. The number of aliphatic hydroxyl groups excluding tert-OH is 3. The van der Waals surface area contributed by atoms with Crippen LogP contribution in [0, 0.1) is 0 Å². The largest absolute Gasteiger partial charge is 0.394 e.